The average Bonchev–Trinajstić information content (AvgIpc) is 2.45. The lowest BCUT2D eigenvalue weighted by Crippen LogP contribution is -2.02. The van der Waals surface area contributed by atoms with E-state index in [-0.39, 0.29) is 5.82 Å². The van der Waals surface area contributed by atoms with E-state index >= 15 is 0 Å². The second-order valence-electron chi connectivity index (χ2n) is 4.92. The largest absolute Gasteiger partial charge is 0.492 e. The Morgan fingerprint density at radius 1 is 1.19 bits per heavy atom. The summed E-state index contributed by atoms with van der Waals surface area (Å²) in [6, 6.07) is 10.4. The second-order valence-corrected chi connectivity index (χ2v) is 5.33. The molecule has 21 heavy (non-hydrogen) atoms. The van der Waals surface area contributed by atoms with Crippen LogP contribution < -0.4 is 10.1 Å². The highest BCUT2D eigenvalue weighted by Crippen LogP contribution is 2.28. The zero-order chi connectivity index (χ0) is 15.2. The molecule has 0 spiro atoms. The summed E-state index contributed by atoms with van der Waals surface area (Å²) in [4.78, 5) is 0. The van der Waals surface area contributed by atoms with Gasteiger partial charge in [-0.2, -0.15) is 0 Å². The van der Waals surface area contributed by atoms with Crippen LogP contribution in [0.5, 0.6) is 5.75 Å². The number of aryl methyl sites for hydroxylation is 1. The zero-order valence-corrected chi connectivity index (χ0v) is 13.0. The Bertz CT molecular complexity index is 616. The molecule has 1 N–H and O–H groups in total. The fourth-order valence-electron chi connectivity index (χ4n) is 1.99. The standard InChI is InChI=1S/C17H19ClFNO/c1-3-8-21-17-7-6-15(10-16(17)18)20-11-13-4-5-14(19)9-12(13)2/h4-7,9-10,20H,3,8,11H2,1-2H3. The van der Waals surface area contributed by atoms with Gasteiger partial charge in [-0.05, 0) is 54.8 Å². The van der Waals surface area contributed by atoms with E-state index < -0.39 is 0 Å². The molecular formula is C17H19ClFNO. The summed E-state index contributed by atoms with van der Waals surface area (Å²) >= 11 is 6.18. The van der Waals surface area contributed by atoms with E-state index in [1.807, 2.05) is 25.1 Å². The summed E-state index contributed by atoms with van der Waals surface area (Å²) in [6.07, 6.45) is 0.945. The van der Waals surface area contributed by atoms with Crippen molar-refractivity contribution in [3.05, 3.63) is 58.4 Å². The van der Waals surface area contributed by atoms with Crippen LogP contribution in [0.3, 0.4) is 0 Å². The van der Waals surface area contributed by atoms with Crippen molar-refractivity contribution in [2.45, 2.75) is 26.8 Å². The first-order chi connectivity index (χ1) is 10.1. The number of ether oxygens (including phenoxy) is 1. The van der Waals surface area contributed by atoms with Crippen LogP contribution in [-0.2, 0) is 6.54 Å². The molecule has 0 radical (unpaired) electrons. The molecule has 0 aromatic heterocycles. The predicted molar refractivity (Wildman–Crippen MR) is 85.7 cm³/mol. The molecular weight excluding hydrogens is 289 g/mol. The molecule has 2 rings (SSSR count). The molecule has 2 aromatic rings. The molecule has 0 heterocycles. The maximum Gasteiger partial charge on any atom is 0.138 e. The highest BCUT2D eigenvalue weighted by Gasteiger charge is 2.04. The van der Waals surface area contributed by atoms with E-state index in [2.05, 4.69) is 12.2 Å². The minimum Gasteiger partial charge on any atom is -0.492 e. The Balaban J connectivity index is 2.01. The number of halogens is 2. The Labute approximate surface area is 129 Å². The number of rotatable bonds is 6. The van der Waals surface area contributed by atoms with Crippen LogP contribution in [0.1, 0.15) is 24.5 Å². The van der Waals surface area contributed by atoms with Gasteiger partial charge < -0.3 is 10.1 Å². The van der Waals surface area contributed by atoms with Gasteiger partial charge >= 0.3 is 0 Å². The molecule has 0 bridgehead atoms. The SMILES string of the molecule is CCCOc1ccc(NCc2ccc(F)cc2C)cc1Cl. The fraction of sp³-hybridized carbons (Fsp3) is 0.294. The third kappa shape index (κ3) is 4.36. The fourth-order valence-corrected chi connectivity index (χ4v) is 2.23. The van der Waals surface area contributed by atoms with E-state index in [4.69, 9.17) is 16.3 Å². The lowest BCUT2D eigenvalue weighted by molar-refractivity contribution is 0.317. The van der Waals surface area contributed by atoms with Gasteiger partial charge in [-0.3, -0.25) is 0 Å². The van der Waals surface area contributed by atoms with E-state index in [1.54, 1.807) is 6.07 Å². The van der Waals surface area contributed by atoms with Crippen molar-refractivity contribution in [2.75, 3.05) is 11.9 Å². The molecule has 112 valence electrons. The molecule has 0 saturated heterocycles. The van der Waals surface area contributed by atoms with Crippen molar-refractivity contribution >= 4 is 17.3 Å². The van der Waals surface area contributed by atoms with Crippen molar-refractivity contribution in [3.63, 3.8) is 0 Å². The van der Waals surface area contributed by atoms with Crippen LogP contribution in [0, 0.1) is 12.7 Å². The Kier molecular flexibility index (Phi) is 5.45. The number of nitrogens with one attached hydrogen (secondary N) is 1. The van der Waals surface area contributed by atoms with Crippen LogP contribution in [0.4, 0.5) is 10.1 Å². The van der Waals surface area contributed by atoms with Crippen molar-refractivity contribution < 1.29 is 9.13 Å². The molecule has 2 nitrogen and oxygen atoms in total. The molecule has 4 heteroatoms. The van der Waals surface area contributed by atoms with Gasteiger partial charge in [0.05, 0.1) is 11.6 Å². The monoisotopic (exact) mass is 307 g/mol. The average molecular weight is 308 g/mol. The van der Waals surface area contributed by atoms with Crippen LogP contribution >= 0.6 is 11.6 Å². The van der Waals surface area contributed by atoms with Gasteiger partial charge in [0.15, 0.2) is 0 Å². The third-order valence-corrected chi connectivity index (χ3v) is 3.48. The van der Waals surface area contributed by atoms with Crippen molar-refractivity contribution in [1.82, 2.24) is 0 Å². The molecule has 0 aliphatic carbocycles. The van der Waals surface area contributed by atoms with Gasteiger partial charge in [0.2, 0.25) is 0 Å². The maximum atomic E-state index is 13.1. The smallest absolute Gasteiger partial charge is 0.138 e. The normalized spacial score (nSPS) is 10.5. The topological polar surface area (TPSA) is 21.3 Å². The summed E-state index contributed by atoms with van der Waals surface area (Å²) in [5, 5.41) is 3.87. The number of anilines is 1. The third-order valence-electron chi connectivity index (χ3n) is 3.18. The molecule has 0 atom stereocenters. The number of benzene rings is 2. The zero-order valence-electron chi connectivity index (χ0n) is 12.2. The van der Waals surface area contributed by atoms with Gasteiger partial charge in [-0.15, -0.1) is 0 Å². The molecule has 2 aromatic carbocycles. The van der Waals surface area contributed by atoms with Crippen molar-refractivity contribution in [2.24, 2.45) is 0 Å². The van der Waals surface area contributed by atoms with E-state index in [9.17, 15) is 4.39 Å². The maximum absolute atomic E-state index is 13.1. The van der Waals surface area contributed by atoms with E-state index in [0.29, 0.717) is 23.9 Å². The van der Waals surface area contributed by atoms with Crippen molar-refractivity contribution in [1.29, 1.82) is 0 Å². The Morgan fingerprint density at radius 2 is 2.00 bits per heavy atom. The van der Waals surface area contributed by atoms with Crippen LogP contribution in [0.25, 0.3) is 0 Å². The first-order valence-corrected chi connectivity index (χ1v) is 7.39. The lowest BCUT2D eigenvalue weighted by Gasteiger charge is -2.12. The molecule has 0 aliphatic heterocycles. The van der Waals surface area contributed by atoms with Crippen LogP contribution in [-0.4, -0.2) is 6.61 Å². The minimum absolute atomic E-state index is 0.211. The Morgan fingerprint density at radius 3 is 2.67 bits per heavy atom. The van der Waals surface area contributed by atoms with Gasteiger partial charge in [0.1, 0.15) is 11.6 Å². The Hall–Kier alpha value is -1.74. The van der Waals surface area contributed by atoms with Gasteiger partial charge in [0.25, 0.3) is 0 Å². The summed E-state index contributed by atoms with van der Waals surface area (Å²) in [7, 11) is 0. The highest BCUT2D eigenvalue weighted by atomic mass is 35.5. The predicted octanol–water partition coefficient (Wildman–Crippen LogP) is 5.19. The van der Waals surface area contributed by atoms with Gasteiger partial charge in [-0.25, -0.2) is 4.39 Å². The molecule has 0 fully saturated rings. The minimum atomic E-state index is -0.211. The molecule has 0 saturated carbocycles. The quantitative estimate of drug-likeness (QED) is 0.793. The second kappa shape index (κ2) is 7.32. The number of hydrogen-bond acceptors (Lipinski definition) is 2. The summed E-state index contributed by atoms with van der Waals surface area (Å²) in [6.45, 7) is 5.22. The van der Waals surface area contributed by atoms with Crippen molar-refractivity contribution in [3.8, 4) is 5.75 Å². The van der Waals surface area contributed by atoms with Gasteiger partial charge in [-0.1, -0.05) is 24.6 Å². The first-order valence-electron chi connectivity index (χ1n) is 7.01. The summed E-state index contributed by atoms with van der Waals surface area (Å²) < 4.78 is 18.6. The molecule has 0 aliphatic rings. The van der Waals surface area contributed by atoms with E-state index in [0.717, 1.165) is 23.2 Å². The summed E-state index contributed by atoms with van der Waals surface area (Å²) in [5.41, 5.74) is 2.89. The molecule has 0 unspecified atom stereocenters. The number of hydrogen-bond donors (Lipinski definition) is 1. The first kappa shape index (κ1) is 15.6. The van der Waals surface area contributed by atoms with Gasteiger partial charge in [0, 0.05) is 12.2 Å². The van der Waals surface area contributed by atoms with E-state index in [1.165, 1.54) is 12.1 Å². The molecule has 0 amide bonds. The van der Waals surface area contributed by atoms with Crippen LogP contribution in [0.2, 0.25) is 5.02 Å². The highest BCUT2D eigenvalue weighted by molar-refractivity contribution is 6.32. The summed E-state index contributed by atoms with van der Waals surface area (Å²) in [5.74, 6) is 0.485. The lowest BCUT2D eigenvalue weighted by atomic mass is 10.1. The van der Waals surface area contributed by atoms with Crippen LogP contribution in [0.15, 0.2) is 36.4 Å².